The van der Waals surface area contributed by atoms with Gasteiger partial charge in [0.2, 0.25) is 0 Å². The van der Waals surface area contributed by atoms with Crippen molar-refractivity contribution in [1.82, 2.24) is 0 Å². The average Bonchev–Trinajstić information content (AvgIpc) is 1.98. The van der Waals surface area contributed by atoms with Crippen LogP contribution in [0.3, 0.4) is 0 Å². The fourth-order valence-electron chi connectivity index (χ4n) is 0.576. The summed E-state index contributed by atoms with van der Waals surface area (Å²) in [7, 11) is -9.71. The number of hydrogen-bond donors (Lipinski definition) is 3. The van der Waals surface area contributed by atoms with E-state index in [0.29, 0.717) is 0 Å². The molecule has 0 heterocycles. The third-order valence-electron chi connectivity index (χ3n) is 1.44. The van der Waals surface area contributed by atoms with Gasteiger partial charge in [0.15, 0.2) is 0 Å². The molecule has 15 heavy (non-hydrogen) atoms. The van der Waals surface area contributed by atoms with Crippen LogP contribution in [0.5, 0.6) is 0 Å². The van der Waals surface area contributed by atoms with Crippen molar-refractivity contribution in [3.63, 3.8) is 0 Å². The summed E-state index contributed by atoms with van der Waals surface area (Å²) in [6, 6.07) is 0. The van der Waals surface area contributed by atoms with Crippen molar-refractivity contribution >= 4 is 15.6 Å². The van der Waals surface area contributed by atoms with Gasteiger partial charge >= 0.3 is 15.6 Å². The SMILES string of the molecule is CC/C(C)=C\COP(=O)(O)OP(=O)(O)O. The first kappa shape index (κ1) is 15.0. The maximum absolute atomic E-state index is 10.9. The summed E-state index contributed by atoms with van der Waals surface area (Å²) >= 11 is 0. The lowest BCUT2D eigenvalue weighted by atomic mass is 10.2. The van der Waals surface area contributed by atoms with Gasteiger partial charge in [-0.2, -0.15) is 4.31 Å². The van der Waals surface area contributed by atoms with Crippen LogP contribution in [0.25, 0.3) is 0 Å². The molecule has 0 aliphatic rings. The maximum Gasteiger partial charge on any atom is 0.481 e. The highest BCUT2D eigenvalue weighted by Gasteiger charge is 2.31. The Hall–Kier alpha value is -0.0000000000000000416. The standard InChI is InChI=1S/C6H14O7P2/c1-3-6(2)4-5-12-15(10,11)13-14(7,8)9/h4H,3,5H2,1-2H3,(H,10,11)(H2,7,8,9)/b6-4-. The second-order valence-corrected chi connectivity index (χ2v) is 5.57. The number of allylic oxidation sites excluding steroid dienone is 1. The molecule has 9 heteroatoms. The predicted octanol–water partition coefficient (Wildman–Crippen LogP) is 1.57. The summed E-state index contributed by atoms with van der Waals surface area (Å²) < 4.78 is 29.0. The number of phosphoric acid groups is 2. The van der Waals surface area contributed by atoms with Crippen molar-refractivity contribution in [2.75, 3.05) is 6.61 Å². The van der Waals surface area contributed by atoms with E-state index < -0.39 is 15.6 Å². The number of hydrogen-bond acceptors (Lipinski definition) is 4. The van der Waals surface area contributed by atoms with Crippen molar-refractivity contribution in [2.45, 2.75) is 20.3 Å². The number of rotatable bonds is 6. The normalized spacial score (nSPS) is 17.5. The highest BCUT2D eigenvalue weighted by molar-refractivity contribution is 7.60. The van der Waals surface area contributed by atoms with Gasteiger partial charge in [0, 0.05) is 0 Å². The fourth-order valence-corrected chi connectivity index (χ4v) is 2.10. The summed E-state index contributed by atoms with van der Waals surface area (Å²) in [6.07, 6.45) is 2.27. The summed E-state index contributed by atoms with van der Waals surface area (Å²) in [5, 5.41) is 0. The van der Waals surface area contributed by atoms with E-state index in [1.807, 2.05) is 6.92 Å². The molecule has 1 unspecified atom stereocenters. The molecule has 0 aliphatic heterocycles. The van der Waals surface area contributed by atoms with E-state index in [1.165, 1.54) is 6.08 Å². The maximum atomic E-state index is 10.9. The van der Waals surface area contributed by atoms with Crippen LogP contribution in [0.15, 0.2) is 11.6 Å². The molecule has 7 nitrogen and oxygen atoms in total. The zero-order valence-corrected chi connectivity index (χ0v) is 10.1. The molecule has 0 radical (unpaired) electrons. The van der Waals surface area contributed by atoms with Crippen molar-refractivity contribution in [1.29, 1.82) is 0 Å². The monoisotopic (exact) mass is 260 g/mol. The smallest absolute Gasteiger partial charge is 0.302 e. The molecule has 0 saturated carbocycles. The lowest BCUT2D eigenvalue weighted by molar-refractivity contribution is 0.191. The Kier molecular flexibility index (Phi) is 5.92. The molecule has 1 atom stereocenters. The number of phosphoric ester groups is 1. The molecular formula is C6H14O7P2. The minimum absolute atomic E-state index is 0.243. The summed E-state index contributed by atoms with van der Waals surface area (Å²) in [5.74, 6) is 0. The highest BCUT2D eigenvalue weighted by atomic mass is 31.3. The Bertz CT molecular complexity index is 317. The van der Waals surface area contributed by atoms with E-state index in [-0.39, 0.29) is 6.61 Å². The molecule has 0 aromatic heterocycles. The molecule has 90 valence electrons. The predicted molar refractivity (Wildman–Crippen MR) is 53.0 cm³/mol. The summed E-state index contributed by atoms with van der Waals surface area (Å²) in [6.45, 7) is 3.43. The quantitative estimate of drug-likeness (QED) is 0.490. The molecule has 0 rings (SSSR count). The Labute approximate surface area is 87.6 Å². The average molecular weight is 260 g/mol. The zero-order chi connectivity index (χ0) is 12.1. The first-order valence-electron chi connectivity index (χ1n) is 4.06. The second kappa shape index (κ2) is 5.92. The molecule has 0 amide bonds. The van der Waals surface area contributed by atoms with Crippen LogP contribution in [0, 0.1) is 0 Å². The Balaban J connectivity index is 4.18. The summed E-state index contributed by atoms with van der Waals surface area (Å²) in [4.78, 5) is 25.4. The van der Waals surface area contributed by atoms with Crippen LogP contribution in [0.4, 0.5) is 0 Å². The van der Waals surface area contributed by atoms with Gasteiger partial charge in [0.05, 0.1) is 6.61 Å². The van der Waals surface area contributed by atoms with Gasteiger partial charge in [-0.15, -0.1) is 0 Å². The molecule has 0 bridgehead atoms. The van der Waals surface area contributed by atoms with Crippen LogP contribution in [0.2, 0.25) is 0 Å². The van der Waals surface area contributed by atoms with E-state index in [0.717, 1.165) is 12.0 Å². The molecule has 0 aromatic rings. The van der Waals surface area contributed by atoms with Gasteiger partial charge in [0.25, 0.3) is 0 Å². The van der Waals surface area contributed by atoms with Crippen LogP contribution in [-0.4, -0.2) is 21.3 Å². The molecule has 0 fully saturated rings. The topological polar surface area (TPSA) is 113 Å². The molecule has 0 spiro atoms. The van der Waals surface area contributed by atoms with Gasteiger partial charge in [-0.25, -0.2) is 9.13 Å². The van der Waals surface area contributed by atoms with E-state index >= 15 is 0 Å². The van der Waals surface area contributed by atoms with Gasteiger partial charge in [-0.3, -0.25) is 4.52 Å². The lowest BCUT2D eigenvalue weighted by Gasteiger charge is -2.11. The van der Waals surface area contributed by atoms with Gasteiger partial charge in [-0.05, 0) is 13.3 Å². The van der Waals surface area contributed by atoms with Crippen LogP contribution < -0.4 is 0 Å². The second-order valence-electron chi connectivity index (χ2n) is 2.74. The Morgan fingerprint density at radius 3 is 2.27 bits per heavy atom. The van der Waals surface area contributed by atoms with E-state index in [1.54, 1.807) is 6.92 Å². The largest absolute Gasteiger partial charge is 0.481 e. The van der Waals surface area contributed by atoms with Crippen LogP contribution in [-0.2, 0) is 18.0 Å². The third kappa shape index (κ3) is 8.96. The summed E-state index contributed by atoms with van der Waals surface area (Å²) in [5.41, 5.74) is 0.922. The third-order valence-corrected chi connectivity index (χ3v) is 3.59. The van der Waals surface area contributed by atoms with E-state index in [9.17, 15) is 9.13 Å². The van der Waals surface area contributed by atoms with Crippen molar-refractivity contribution in [2.24, 2.45) is 0 Å². The first-order valence-corrected chi connectivity index (χ1v) is 7.08. The molecule has 0 aliphatic carbocycles. The minimum atomic E-state index is -5.02. The van der Waals surface area contributed by atoms with Crippen molar-refractivity contribution in [3.05, 3.63) is 11.6 Å². The van der Waals surface area contributed by atoms with E-state index in [4.69, 9.17) is 14.7 Å². The molecule has 3 N–H and O–H groups in total. The zero-order valence-electron chi connectivity index (χ0n) is 8.36. The van der Waals surface area contributed by atoms with Gasteiger partial charge in [-0.1, -0.05) is 18.6 Å². The minimum Gasteiger partial charge on any atom is -0.302 e. The fraction of sp³-hybridized carbons (Fsp3) is 0.667. The molecular weight excluding hydrogens is 246 g/mol. The van der Waals surface area contributed by atoms with Crippen molar-refractivity contribution < 1.29 is 32.6 Å². The molecule has 0 aromatic carbocycles. The highest BCUT2D eigenvalue weighted by Crippen LogP contribution is 2.57. The Morgan fingerprint density at radius 1 is 1.33 bits per heavy atom. The van der Waals surface area contributed by atoms with Crippen molar-refractivity contribution in [3.8, 4) is 0 Å². The molecule has 0 saturated heterocycles. The van der Waals surface area contributed by atoms with Gasteiger partial charge < -0.3 is 14.7 Å². The first-order chi connectivity index (χ1) is 6.66. The van der Waals surface area contributed by atoms with Crippen LogP contribution >= 0.6 is 15.6 Å². The van der Waals surface area contributed by atoms with Crippen LogP contribution in [0.1, 0.15) is 20.3 Å². The van der Waals surface area contributed by atoms with Gasteiger partial charge in [0.1, 0.15) is 0 Å². The lowest BCUT2D eigenvalue weighted by Crippen LogP contribution is -1.94. The Morgan fingerprint density at radius 2 is 1.87 bits per heavy atom. The van der Waals surface area contributed by atoms with E-state index in [2.05, 4.69) is 8.83 Å².